The number of aryl methyl sites for hydroxylation is 1. The first-order chi connectivity index (χ1) is 10.7. The quantitative estimate of drug-likeness (QED) is 0.926. The molecule has 112 valence electrons. The summed E-state index contributed by atoms with van der Waals surface area (Å²) in [5.41, 5.74) is 4.54. The molecule has 2 aromatic rings. The van der Waals surface area contributed by atoms with E-state index in [1.54, 1.807) is 0 Å². The van der Waals surface area contributed by atoms with Crippen LogP contribution in [-0.2, 0) is 12.8 Å². The van der Waals surface area contributed by atoms with Crippen LogP contribution in [0, 0.1) is 6.92 Å². The molecular weight excluding hydrogens is 278 g/mol. The van der Waals surface area contributed by atoms with Crippen molar-refractivity contribution in [2.24, 2.45) is 0 Å². The third kappa shape index (κ3) is 2.03. The Balaban J connectivity index is 1.76. The van der Waals surface area contributed by atoms with E-state index < -0.39 is 0 Å². The van der Waals surface area contributed by atoms with E-state index in [1.165, 1.54) is 0 Å². The second kappa shape index (κ2) is 5.05. The molecule has 22 heavy (non-hydrogen) atoms. The molecule has 0 radical (unpaired) electrons. The normalized spacial score (nSPS) is 14.8. The minimum Gasteiger partial charge on any atom is -0.493 e. The molecule has 4 heteroatoms. The summed E-state index contributed by atoms with van der Waals surface area (Å²) in [6.45, 7) is 3.24. The highest BCUT2D eigenvalue weighted by Crippen LogP contribution is 2.40. The Hall–Kier alpha value is -2.49. The lowest BCUT2D eigenvalue weighted by Crippen LogP contribution is -2.16. The monoisotopic (exact) mass is 295 g/mol. The number of fused-ring (bicyclic) bond motifs is 2. The first-order valence-corrected chi connectivity index (χ1v) is 7.55. The average molecular weight is 295 g/mol. The molecule has 0 spiro atoms. The van der Waals surface area contributed by atoms with Gasteiger partial charge in [-0.1, -0.05) is 18.2 Å². The molecule has 0 aliphatic carbocycles. The molecule has 0 bridgehead atoms. The van der Waals surface area contributed by atoms with Crippen molar-refractivity contribution in [1.82, 2.24) is 0 Å². The van der Waals surface area contributed by atoms with Crippen LogP contribution in [-0.4, -0.2) is 19.1 Å². The summed E-state index contributed by atoms with van der Waals surface area (Å²) in [5.74, 6) is 1.45. The van der Waals surface area contributed by atoms with Gasteiger partial charge in [0.15, 0.2) is 0 Å². The topological polar surface area (TPSA) is 47.6 Å². The molecule has 1 amide bonds. The van der Waals surface area contributed by atoms with Crippen molar-refractivity contribution < 1.29 is 14.3 Å². The average Bonchev–Trinajstić information content (AvgIpc) is 3.15. The number of benzene rings is 2. The minimum absolute atomic E-state index is 0.116. The van der Waals surface area contributed by atoms with Crippen molar-refractivity contribution in [2.45, 2.75) is 19.8 Å². The van der Waals surface area contributed by atoms with Gasteiger partial charge < -0.3 is 14.8 Å². The first-order valence-electron chi connectivity index (χ1n) is 7.55. The van der Waals surface area contributed by atoms with Gasteiger partial charge in [-0.3, -0.25) is 4.79 Å². The van der Waals surface area contributed by atoms with Crippen molar-refractivity contribution in [2.75, 3.05) is 18.5 Å². The number of rotatable bonds is 2. The van der Waals surface area contributed by atoms with Gasteiger partial charge in [0.05, 0.1) is 18.8 Å². The molecule has 2 aliphatic rings. The van der Waals surface area contributed by atoms with Crippen LogP contribution in [0.4, 0.5) is 5.69 Å². The summed E-state index contributed by atoms with van der Waals surface area (Å²) in [4.78, 5) is 12.8. The molecule has 0 unspecified atom stereocenters. The van der Waals surface area contributed by atoms with E-state index >= 15 is 0 Å². The summed E-state index contributed by atoms with van der Waals surface area (Å²) in [7, 11) is 0. The van der Waals surface area contributed by atoms with Crippen LogP contribution >= 0.6 is 0 Å². The summed E-state index contributed by atoms with van der Waals surface area (Å²) >= 11 is 0. The molecule has 2 aliphatic heterocycles. The van der Waals surface area contributed by atoms with Crippen LogP contribution in [0.3, 0.4) is 0 Å². The Morgan fingerprint density at radius 2 is 1.95 bits per heavy atom. The van der Waals surface area contributed by atoms with Crippen LogP contribution in [0.25, 0.3) is 0 Å². The Morgan fingerprint density at radius 1 is 1.14 bits per heavy atom. The predicted molar refractivity (Wildman–Crippen MR) is 84.0 cm³/mol. The molecule has 0 saturated heterocycles. The van der Waals surface area contributed by atoms with E-state index in [-0.39, 0.29) is 5.91 Å². The third-order valence-electron chi connectivity index (χ3n) is 4.27. The lowest BCUT2D eigenvalue weighted by atomic mass is 9.98. The summed E-state index contributed by atoms with van der Waals surface area (Å²) < 4.78 is 11.4. The number of ether oxygens (including phenoxy) is 2. The molecule has 0 fully saturated rings. The number of carbonyl (C=O) groups is 1. The van der Waals surface area contributed by atoms with Crippen LogP contribution < -0.4 is 14.8 Å². The fraction of sp³-hybridized carbons (Fsp3) is 0.278. The lowest BCUT2D eigenvalue weighted by Gasteiger charge is -2.14. The maximum atomic E-state index is 12.8. The van der Waals surface area contributed by atoms with Gasteiger partial charge in [0.25, 0.3) is 5.91 Å². The minimum atomic E-state index is -0.116. The molecular formula is C18H17NO3. The molecule has 2 aromatic carbocycles. The van der Waals surface area contributed by atoms with Crippen molar-refractivity contribution in [3.8, 4) is 11.5 Å². The van der Waals surface area contributed by atoms with Crippen molar-refractivity contribution in [3.63, 3.8) is 0 Å². The van der Waals surface area contributed by atoms with Gasteiger partial charge in [-0.05, 0) is 24.6 Å². The molecule has 1 N–H and O–H groups in total. The largest absolute Gasteiger partial charge is 0.493 e. The van der Waals surface area contributed by atoms with Gasteiger partial charge in [-0.2, -0.15) is 0 Å². The smallest absolute Gasteiger partial charge is 0.259 e. The Bertz CT molecular complexity index is 735. The highest BCUT2D eigenvalue weighted by atomic mass is 16.5. The summed E-state index contributed by atoms with van der Waals surface area (Å²) in [6.07, 6.45) is 1.58. The van der Waals surface area contributed by atoms with E-state index in [1.807, 2.05) is 37.3 Å². The van der Waals surface area contributed by atoms with Gasteiger partial charge >= 0.3 is 0 Å². The molecule has 0 aromatic heterocycles. The number of amides is 1. The van der Waals surface area contributed by atoms with Gasteiger partial charge in [-0.15, -0.1) is 0 Å². The number of hydrogen-bond donors (Lipinski definition) is 1. The maximum absolute atomic E-state index is 12.8. The number of hydrogen-bond acceptors (Lipinski definition) is 3. The second-order valence-electron chi connectivity index (χ2n) is 5.68. The van der Waals surface area contributed by atoms with Gasteiger partial charge in [-0.25, -0.2) is 0 Å². The molecule has 4 rings (SSSR count). The van der Waals surface area contributed by atoms with E-state index in [2.05, 4.69) is 5.32 Å². The number of para-hydroxylation sites is 1. The molecule has 0 atom stereocenters. The van der Waals surface area contributed by atoms with Crippen LogP contribution in [0.1, 0.15) is 27.0 Å². The number of nitrogens with one attached hydrogen (secondary N) is 1. The Kier molecular flexibility index (Phi) is 3.03. The fourth-order valence-corrected chi connectivity index (χ4v) is 3.12. The molecule has 4 nitrogen and oxygen atoms in total. The highest BCUT2D eigenvalue weighted by Gasteiger charge is 2.30. The second-order valence-corrected chi connectivity index (χ2v) is 5.68. The van der Waals surface area contributed by atoms with E-state index in [4.69, 9.17) is 9.47 Å². The molecule has 2 heterocycles. The zero-order valence-electron chi connectivity index (χ0n) is 12.4. The summed E-state index contributed by atoms with van der Waals surface area (Å²) in [6, 6.07) is 9.79. The fourth-order valence-electron chi connectivity index (χ4n) is 3.12. The van der Waals surface area contributed by atoms with Crippen molar-refractivity contribution in [3.05, 3.63) is 52.6 Å². The lowest BCUT2D eigenvalue weighted by molar-refractivity contribution is 0.102. The van der Waals surface area contributed by atoms with Crippen molar-refractivity contribution >= 4 is 11.6 Å². The van der Waals surface area contributed by atoms with Gasteiger partial charge in [0, 0.05) is 29.7 Å². The van der Waals surface area contributed by atoms with Crippen molar-refractivity contribution in [1.29, 1.82) is 0 Å². The zero-order chi connectivity index (χ0) is 15.1. The van der Waals surface area contributed by atoms with Crippen LogP contribution in [0.2, 0.25) is 0 Å². The predicted octanol–water partition coefficient (Wildman–Crippen LogP) is 3.12. The number of anilines is 1. The highest BCUT2D eigenvalue weighted by molar-refractivity contribution is 6.08. The Morgan fingerprint density at radius 3 is 2.82 bits per heavy atom. The number of carbonyl (C=O) groups excluding carboxylic acids is 1. The zero-order valence-corrected chi connectivity index (χ0v) is 12.4. The van der Waals surface area contributed by atoms with E-state index in [0.29, 0.717) is 18.8 Å². The van der Waals surface area contributed by atoms with Gasteiger partial charge in [0.1, 0.15) is 11.5 Å². The standard InChI is InChI=1S/C18H17NO3/c1-11-4-2-3-5-14(11)19-18(20)16-13-7-9-21-15(13)10-12-6-8-22-17(12)16/h2-5,10H,6-9H2,1H3,(H,19,20). The van der Waals surface area contributed by atoms with Crippen LogP contribution in [0.15, 0.2) is 30.3 Å². The maximum Gasteiger partial charge on any atom is 0.259 e. The van der Waals surface area contributed by atoms with Crippen LogP contribution in [0.5, 0.6) is 11.5 Å². The summed E-state index contributed by atoms with van der Waals surface area (Å²) in [5, 5.41) is 3.01. The first kappa shape index (κ1) is 13.2. The third-order valence-corrected chi connectivity index (χ3v) is 4.27. The SMILES string of the molecule is Cc1ccccc1NC(=O)c1c2c(cc3c1OCC3)OCC2. The van der Waals surface area contributed by atoms with E-state index in [0.717, 1.165) is 46.7 Å². The Labute approximate surface area is 129 Å². The van der Waals surface area contributed by atoms with E-state index in [9.17, 15) is 4.79 Å². The van der Waals surface area contributed by atoms with Gasteiger partial charge in [0.2, 0.25) is 0 Å². The molecule has 0 saturated carbocycles.